The molecule has 1 heterocycles. The van der Waals surface area contributed by atoms with Gasteiger partial charge in [-0.05, 0) is 12.0 Å². The maximum absolute atomic E-state index is 11.6. The highest BCUT2D eigenvalue weighted by Gasteiger charge is 2.16. The van der Waals surface area contributed by atoms with Crippen LogP contribution >= 0.6 is 11.6 Å². The van der Waals surface area contributed by atoms with Crippen LogP contribution in [-0.2, 0) is 0 Å². The summed E-state index contributed by atoms with van der Waals surface area (Å²) >= 11 is 5.68. The van der Waals surface area contributed by atoms with E-state index in [9.17, 15) is 4.79 Å². The topological polar surface area (TPSA) is 65.1 Å². The molecule has 0 bridgehead atoms. The van der Waals surface area contributed by atoms with E-state index in [0.717, 1.165) is 0 Å². The van der Waals surface area contributed by atoms with Gasteiger partial charge in [0.1, 0.15) is 5.69 Å². The lowest BCUT2D eigenvalue weighted by atomic mass is 10.1. The molecule has 0 fully saturated rings. The number of rotatable bonds is 4. The van der Waals surface area contributed by atoms with Crippen molar-refractivity contribution < 1.29 is 9.90 Å². The minimum atomic E-state index is -0.255. The molecule has 0 aromatic carbocycles. The summed E-state index contributed by atoms with van der Waals surface area (Å²) in [7, 11) is 0. The highest BCUT2D eigenvalue weighted by Crippen LogP contribution is 2.10. The number of aliphatic hydroxyl groups excluding tert-OH is 1. The van der Waals surface area contributed by atoms with Crippen molar-refractivity contribution >= 4 is 17.5 Å². The van der Waals surface area contributed by atoms with Gasteiger partial charge >= 0.3 is 0 Å². The van der Waals surface area contributed by atoms with E-state index < -0.39 is 0 Å². The molecular weight excluding hydrogens is 216 g/mol. The number of nitrogens with one attached hydrogen (secondary N) is 2. The van der Waals surface area contributed by atoms with Gasteiger partial charge in [0.15, 0.2) is 0 Å². The van der Waals surface area contributed by atoms with Gasteiger partial charge in [-0.15, -0.1) is 0 Å². The highest BCUT2D eigenvalue weighted by molar-refractivity contribution is 6.30. The predicted molar refractivity (Wildman–Crippen MR) is 59.0 cm³/mol. The van der Waals surface area contributed by atoms with Gasteiger partial charge in [0.2, 0.25) is 0 Å². The quantitative estimate of drug-likeness (QED) is 0.733. The van der Waals surface area contributed by atoms with E-state index in [4.69, 9.17) is 16.7 Å². The van der Waals surface area contributed by atoms with Gasteiger partial charge in [0.05, 0.1) is 17.7 Å². The van der Waals surface area contributed by atoms with Crippen molar-refractivity contribution in [3.63, 3.8) is 0 Å². The van der Waals surface area contributed by atoms with Crippen molar-refractivity contribution in [1.29, 1.82) is 0 Å². The molecule has 0 aliphatic rings. The predicted octanol–water partition coefficient (Wildman–Crippen LogP) is 1.41. The Morgan fingerprint density at radius 1 is 1.67 bits per heavy atom. The van der Waals surface area contributed by atoms with Crippen molar-refractivity contribution in [2.75, 3.05) is 6.61 Å². The number of H-pyrrole nitrogens is 1. The van der Waals surface area contributed by atoms with Gasteiger partial charge < -0.3 is 15.4 Å². The molecule has 1 atom stereocenters. The maximum Gasteiger partial charge on any atom is 0.268 e. The van der Waals surface area contributed by atoms with E-state index in [1.54, 1.807) is 12.3 Å². The first-order valence-corrected chi connectivity index (χ1v) is 5.18. The van der Waals surface area contributed by atoms with Crippen LogP contribution in [0.1, 0.15) is 24.3 Å². The third-order valence-corrected chi connectivity index (χ3v) is 2.43. The van der Waals surface area contributed by atoms with Crippen LogP contribution in [0.2, 0.25) is 5.02 Å². The van der Waals surface area contributed by atoms with Crippen LogP contribution < -0.4 is 5.32 Å². The fraction of sp³-hybridized carbons (Fsp3) is 0.500. The zero-order valence-corrected chi connectivity index (χ0v) is 9.51. The molecule has 1 rings (SSSR count). The van der Waals surface area contributed by atoms with E-state index in [0.29, 0.717) is 10.7 Å². The van der Waals surface area contributed by atoms with Crippen molar-refractivity contribution in [2.24, 2.45) is 5.92 Å². The number of hydrogen-bond acceptors (Lipinski definition) is 2. The summed E-state index contributed by atoms with van der Waals surface area (Å²) in [5, 5.41) is 12.3. The SMILES string of the molecule is CC(C)[C@@H](CO)NC(=O)c1cc(Cl)c[nH]1. The average molecular weight is 231 g/mol. The molecule has 0 spiro atoms. The molecule has 1 aromatic heterocycles. The van der Waals surface area contributed by atoms with E-state index in [2.05, 4.69) is 10.3 Å². The largest absolute Gasteiger partial charge is 0.394 e. The molecule has 15 heavy (non-hydrogen) atoms. The molecule has 1 aromatic rings. The minimum Gasteiger partial charge on any atom is -0.394 e. The Kier molecular flexibility index (Phi) is 4.17. The molecule has 3 N–H and O–H groups in total. The van der Waals surface area contributed by atoms with E-state index in [-0.39, 0.29) is 24.5 Å². The van der Waals surface area contributed by atoms with Crippen LogP contribution in [0.5, 0.6) is 0 Å². The molecule has 0 saturated heterocycles. The minimum absolute atomic E-state index is 0.0716. The first-order valence-electron chi connectivity index (χ1n) is 4.80. The summed E-state index contributed by atoms with van der Waals surface area (Å²) in [6.45, 7) is 3.80. The number of halogens is 1. The van der Waals surface area contributed by atoms with Crippen molar-refractivity contribution in [2.45, 2.75) is 19.9 Å². The summed E-state index contributed by atoms with van der Waals surface area (Å²) in [6, 6.07) is 1.31. The monoisotopic (exact) mass is 230 g/mol. The number of carbonyl (C=O) groups excluding carboxylic acids is 1. The van der Waals surface area contributed by atoms with Gasteiger partial charge in [-0.1, -0.05) is 25.4 Å². The number of carbonyl (C=O) groups is 1. The molecule has 0 saturated carbocycles. The smallest absolute Gasteiger partial charge is 0.268 e. The van der Waals surface area contributed by atoms with Crippen LogP contribution in [0.25, 0.3) is 0 Å². The average Bonchev–Trinajstić information content (AvgIpc) is 2.60. The summed E-state index contributed by atoms with van der Waals surface area (Å²) in [5.41, 5.74) is 0.402. The Balaban J connectivity index is 2.62. The number of aliphatic hydroxyl groups is 1. The van der Waals surface area contributed by atoms with Gasteiger partial charge in [0.25, 0.3) is 5.91 Å². The summed E-state index contributed by atoms with van der Waals surface area (Å²) < 4.78 is 0. The molecule has 0 aliphatic carbocycles. The lowest BCUT2D eigenvalue weighted by molar-refractivity contribution is 0.0892. The van der Waals surface area contributed by atoms with E-state index >= 15 is 0 Å². The lowest BCUT2D eigenvalue weighted by Gasteiger charge is -2.19. The number of hydrogen-bond donors (Lipinski definition) is 3. The molecule has 0 unspecified atom stereocenters. The zero-order valence-electron chi connectivity index (χ0n) is 8.75. The molecule has 5 heteroatoms. The van der Waals surface area contributed by atoms with Crippen LogP contribution in [0.15, 0.2) is 12.3 Å². The van der Waals surface area contributed by atoms with Gasteiger partial charge in [-0.2, -0.15) is 0 Å². The standard InChI is InChI=1S/C10H15ClN2O2/c1-6(2)9(5-14)13-10(15)8-3-7(11)4-12-8/h3-4,6,9,12,14H,5H2,1-2H3,(H,13,15)/t9-/m1/s1. The summed E-state index contributed by atoms with van der Waals surface area (Å²) in [4.78, 5) is 14.4. The highest BCUT2D eigenvalue weighted by atomic mass is 35.5. The fourth-order valence-electron chi connectivity index (χ4n) is 1.17. The summed E-state index contributed by atoms with van der Waals surface area (Å²) in [5.74, 6) is -0.0703. The van der Waals surface area contributed by atoms with E-state index in [1.807, 2.05) is 13.8 Å². The van der Waals surface area contributed by atoms with Crippen LogP contribution in [0.4, 0.5) is 0 Å². The number of aromatic amines is 1. The molecular formula is C10H15ClN2O2. The van der Waals surface area contributed by atoms with Crippen molar-refractivity contribution in [1.82, 2.24) is 10.3 Å². The molecule has 4 nitrogen and oxygen atoms in total. The third-order valence-electron chi connectivity index (χ3n) is 2.21. The number of amides is 1. The lowest BCUT2D eigenvalue weighted by Crippen LogP contribution is -2.41. The van der Waals surface area contributed by atoms with Gasteiger partial charge in [-0.25, -0.2) is 0 Å². The van der Waals surface area contributed by atoms with Gasteiger partial charge in [-0.3, -0.25) is 4.79 Å². The van der Waals surface area contributed by atoms with Crippen molar-refractivity contribution in [3.05, 3.63) is 23.0 Å². The van der Waals surface area contributed by atoms with Crippen molar-refractivity contribution in [3.8, 4) is 0 Å². The first kappa shape index (κ1) is 12.1. The second-order valence-corrected chi connectivity index (χ2v) is 4.17. The zero-order chi connectivity index (χ0) is 11.4. The Morgan fingerprint density at radius 3 is 2.73 bits per heavy atom. The molecule has 0 radical (unpaired) electrons. The normalized spacial score (nSPS) is 12.9. The van der Waals surface area contributed by atoms with Crippen LogP contribution in [0.3, 0.4) is 0 Å². The number of aromatic nitrogens is 1. The first-order chi connectivity index (χ1) is 7.04. The Morgan fingerprint density at radius 2 is 2.33 bits per heavy atom. The second-order valence-electron chi connectivity index (χ2n) is 3.74. The molecule has 0 aliphatic heterocycles. The molecule has 84 valence electrons. The Labute approximate surface area is 93.6 Å². The third kappa shape index (κ3) is 3.25. The fourth-order valence-corrected chi connectivity index (χ4v) is 1.33. The molecule has 1 amide bonds. The Bertz CT molecular complexity index is 336. The van der Waals surface area contributed by atoms with E-state index in [1.165, 1.54) is 0 Å². The van der Waals surface area contributed by atoms with Crippen LogP contribution in [0, 0.1) is 5.92 Å². The van der Waals surface area contributed by atoms with Crippen LogP contribution in [-0.4, -0.2) is 28.6 Å². The van der Waals surface area contributed by atoms with Gasteiger partial charge in [0, 0.05) is 6.20 Å². The second kappa shape index (κ2) is 5.19. The Hall–Kier alpha value is -1.00. The summed E-state index contributed by atoms with van der Waals surface area (Å²) in [6.07, 6.45) is 1.54. The maximum atomic E-state index is 11.6.